The number of hydrogen-bond acceptors (Lipinski definition) is 3. The Morgan fingerprint density at radius 3 is 2.84 bits per heavy atom. The molecule has 0 radical (unpaired) electrons. The maximum absolute atomic E-state index is 6.00. The molecule has 3 aromatic rings. The minimum absolute atomic E-state index is 0.511. The lowest BCUT2D eigenvalue weighted by molar-refractivity contribution is 0.804. The highest BCUT2D eigenvalue weighted by Crippen LogP contribution is 2.22. The van der Waals surface area contributed by atoms with Gasteiger partial charge in [-0.2, -0.15) is 0 Å². The van der Waals surface area contributed by atoms with E-state index in [1.807, 2.05) is 47.9 Å². The van der Waals surface area contributed by atoms with E-state index >= 15 is 0 Å². The Hall–Kier alpha value is -1.88. The minimum atomic E-state index is 0.511. The number of anilines is 1. The summed E-state index contributed by atoms with van der Waals surface area (Å²) in [4.78, 5) is 8.88. The van der Waals surface area contributed by atoms with Gasteiger partial charge in [-0.25, -0.2) is 4.98 Å². The zero-order valence-electron chi connectivity index (χ0n) is 10.5. The molecule has 0 aliphatic heterocycles. The van der Waals surface area contributed by atoms with Crippen LogP contribution < -0.4 is 5.73 Å². The van der Waals surface area contributed by atoms with Gasteiger partial charge in [0.2, 0.25) is 5.95 Å². The highest BCUT2D eigenvalue weighted by atomic mass is 79.9. The summed E-state index contributed by atoms with van der Waals surface area (Å²) in [5.41, 5.74) is 9.89. The second-order valence-electron chi connectivity index (χ2n) is 4.46. The number of imidazole rings is 1. The molecular weight excluding hydrogens is 304 g/mol. The number of aryl methyl sites for hydroxylation is 1. The van der Waals surface area contributed by atoms with Crippen molar-refractivity contribution < 1.29 is 0 Å². The number of hydrogen-bond donors (Lipinski definition) is 1. The number of pyridine rings is 1. The third-order valence-electron chi connectivity index (χ3n) is 3.01. The molecule has 0 saturated carbocycles. The molecular formula is C14H13BrN4. The van der Waals surface area contributed by atoms with E-state index in [0.29, 0.717) is 12.5 Å². The molecule has 0 fully saturated rings. The molecule has 0 aliphatic carbocycles. The van der Waals surface area contributed by atoms with E-state index in [1.54, 1.807) is 0 Å². The Morgan fingerprint density at radius 1 is 1.21 bits per heavy atom. The van der Waals surface area contributed by atoms with Crippen molar-refractivity contribution in [1.82, 2.24) is 14.5 Å². The number of nitrogen functional groups attached to an aromatic ring is 1. The van der Waals surface area contributed by atoms with Crippen molar-refractivity contribution in [3.05, 3.63) is 52.3 Å². The van der Waals surface area contributed by atoms with E-state index in [9.17, 15) is 0 Å². The van der Waals surface area contributed by atoms with Crippen LogP contribution in [0, 0.1) is 6.92 Å². The predicted molar refractivity (Wildman–Crippen MR) is 79.9 cm³/mol. The quantitative estimate of drug-likeness (QED) is 0.790. The zero-order chi connectivity index (χ0) is 13.4. The van der Waals surface area contributed by atoms with Crippen LogP contribution in [-0.2, 0) is 6.54 Å². The van der Waals surface area contributed by atoms with Gasteiger partial charge in [-0.05, 0) is 37.3 Å². The summed E-state index contributed by atoms with van der Waals surface area (Å²) in [7, 11) is 0. The van der Waals surface area contributed by atoms with Crippen LogP contribution in [0.5, 0.6) is 0 Å². The van der Waals surface area contributed by atoms with Gasteiger partial charge >= 0.3 is 0 Å². The monoisotopic (exact) mass is 316 g/mol. The van der Waals surface area contributed by atoms with Crippen molar-refractivity contribution in [1.29, 1.82) is 0 Å². The number of benzene rings is 1. The number of nitrogens with zero attached hydrogens (tertiary/aromatic N) is 3. The Kier molecular flexibility index (Phi) is 2.98. The number of rotatable bonds is 2. The lowest BCUT2D eigenvalue weighted by Gasteiger charge is -2.06. The van der Waals surface area contributed by atoms with E-state index in [1.165, 1.54) is 0 Å². The molecule has 4 nitrogen and oxygen atoms in total. The lowest BCUT2D eigenvalue weighted by atomic mass is 10.3. The summed E-state index contributed by atoms with van der Waals surface area (Å²) in [6, 6.07) is 11.9. The number of fused-ring (bicyclic) bond motifs is 1. The molecule has 0 atom stereocenters. The van der Waals surface area contributed by atoms with Gasteiger partial charge in [0.1, 0.15) is 0 Å². The van der Waals surface area contributed by atoms with E-state index in [0.717, 1.165) is 26.9 Å². The standard InChI is InChI=1S/C14H13BrN4/c1-9-3-2-4-11(17-9)8-19-13-6-5-10(15)7-12(13)18-14(19)16/h2-7H,8H2,1H3,(H2,16,18). The van der Waals surface area contributed by atoms with Gasteiger partial charge in [-0.15, -0.1) is 0 Å². The zero-order valence-corrected chi connectivity index (χ0v) is 12.1. The number of halogens is 1. The van der Waals surface area contributed by atoms with Crippen LogP contribution in [0.1, 0.15) is 11.4 Å². The van der Waals surface area contributed by atoms with Gasteiger partial charge in [0.25, 0.3) is 0 Å². The Labute approximate surface area is 119 Å². The third-order valence-corrected chi connectivity index (χ3v) is 3.50. The van der Waals surface area contributed by atoms with Crippen LogP contribution in [0.15, 0.2) is 40.9 Å². The molecule has 5 heteroatoms. The maximum Gasteiger partial charge on any atom is 0.201 e. The molecule has 19 heavy (non-hydrogen) atoms. The first-order valence-electron chi connectivity index (χ1n) is 5.97. The van der Waals surface area contributed by atoms with Gasteiger partial charge in [-0.1, -0.05) is 22.0 Å². The van der Waals surface area contributed by atoms with Gasteiger partial charge in [0.05, 0.1) is 23.3 Å². The Balaban J connectivity index is 2.07. The fourth-order valence-electron chi connectivity index (χ4n) is 2.14. The van der Waals surface area contributed by atoms with Crippen molar-refractivity contribution >= 4 is 32.9 Å². The first kappa shape index (κ1) is 12.2. The molecule has 2 N–H and O–H groups in total. The smallest absolute Gasteiger partial charge is 0.201 e. The van der Waals surface area contributed by atoms with Crippen LogP contribution in [0.2, 0.25) is 0 Å². The van der Waals surface area contributed by atoms with Crippen LogP contribution in [0.4, 0.5) is 5.95 Å². The fourth-order valence-corrected chi connectivity index (χ4v) is 2.49. The van der Waals surface area contributed by atoms with Crippen molar-refractivity contribution in [2.24, 2.45) is 0 Å². The van der Waals surface area contributed by atoms with Crippen LogP contribution in [0.3, 0.4) is 0 Å². The summed E-state index contributed by atoms with van der Waals surface area (Å²) in [5, 5.41) is 0. The molecule has 0 aliphatic rings. The molecule has 2 heterocycles. The predicted octanol–water partition coefficient (Wildman–Crippen LogP) is 3.13. The lowest BCUT2D eigenvalue weighted by Crippen LogP contribution is -2.06. The molecule has 1 aromatic carbocycles. The summed E-state index contributed by atoms with van der Waals surface area (Å²) >= 11 is 3.44. The summed E-state index contributed by atoms with van der Waals surface area (Å²) in [6.07, 6.45) is 0. The summed E-state index contributed by atoms with van der Waals surface area (Å²) in [6.45, 7) is 2.61. The van der Waals surface area contributed by atoms with Gasteiger partial charge < -0.3 is 10.3 Å². The molecule has 96 valence electrons. The Morgan fingerprint density at radius 2 is 2.05 bits per heavy atom. The minimum Gasteiger partial charge on any atom is -0.369 e. The number of aromatic nitrogens is 3. The van der Waals surface area contributed by atoms with Crippen molar-refractivity contribution in [3.8, 4) is 0 Å². The van der Waals surface area contributed by atoms with Gasteiger partial charge in [0, 0.05) is 10.2 Å². The van der Waals surface area contributed by atoms with Crippen LogP contribution in [0.25, 0.3) is 11.0 Å². The molecule has 0 bridgehead atoms. The normalized spacial score (nSPS) is 11.1. The van der Waals surface area contributed by atoms with Crippen molar-refractivity contribution in [3.63, 3.8) is 0 Å². The fraction of sp³-hybridized carbons (Fsp3) is 0.143. The molecule has 0 spiro atoms. The van der Waals surface area contributed by atoms with E-state index in [-0.39, 0.29) is 0 Å². The van der Waals surface area contributed by atoms with Crippen molar-refractivity contribution in [2.75, 3.05) is 5.73 Å². The second-order valence-corrected chi connectivity index (χ2v) is 5.38. The molecule has 2 aromatic heterocycles. The maximum atomic E-state index is 6.00. The summed E-state index contributed by atoms with van der Waals surface area (Å²) < 4.78 is 2.97. The van der Waals surface area contributed by atoms with E-state index < -0.39 is 0 Å². The van der Waals surface area contributed by atoms with E-state index in [4.69, 9.17) is 5.73 Å². The largest absolute Gasteiger partial charge is 0.369 e. The Bertz CT molecular complexity index is 748. The summed E-state index contributed by atoms with van der Waals surface area (Å²) in [5.74, 6) is 0.511. The first-order valence-corrected chi connectivity index (χ1v) is 6.76. The van der Waals surface area contributed by atoms with Crippen LogP contribution >= 0.6 is 15.9 Å². The van der Waals surface area contributed by atoms with E-state index in [2.05, 4.69) is 25.9 Å². The highest BCUT2D eigenvalue weighted by Gasteiger charge is 2.09. The van der Waals surface area contributed by atoms with Crippen LogP contribution in [-0.4, -0.2) is 14.5 Å². The molecule has 0 amide bonds. The van der Waals surface area contributed by atoms with Gasteiger partial charge in [-0.3, -0.25) is 4.98 Å². The average Bonchev–Trinajstić information content (AvgIpc) is 2.65. The topological polar surface area (TPSA) is 56.7 Å². The molecule has 0 saturated heterocycles. The third kappa shape index (κ3) is 2.33. The first-order chi connectivity index (χ1) is 9.13. The van der Waals surface area contributed by atoms with Gasteiger partial charge in [0.15, 0.2) is 0 Å². The number of nitrogens with two attached hydrogens (primary N) is 1. The highest BCUT2D eigenvalue weighted by molar-refractivity contribution is 9.10. The molecule has 0 unspecified atom stereocenters. The van der Waals surface area contributed by atoms with Crippen molar-refractivity contribution in [2.45, 2.75) is 13.5 Å². The average molecular weight is 317 g/mol. The SMILES string of the molecule is Cc1cccc(Cn2c(N)nc3cc(Br)ccc32)n1. The molecule has 3 rings (SSSR count). The second kappa shape index (κ2) is 4.66.